The van der Waals surface area contributed by atoms with Crippen molar-refractivity contribution in [3.05, 3.63) is 33.8 Å². The number of carbonyl (C=O) groups excluding carboxylic acids is 1. The molecule has 2 rings (SSSR count). The van der Waals surface area contributed by atoms with E-state index in [9.17, 15) is 4.79 Å². The van der Waals surface area contributed by atoms with Crippen molar-refractivity contribution < 1.29 is 9.69 Å². The van der Waals surface area contributed by atoms with E-state index in [1.54, 1.807) is 6.92 Å². The highest BCUT2D eigenvalue weighted by molar-refractivity contribution is 6.42. The van der Waals surface area contributed by atoms with Crippen molar-refractivity contribution in [3.8, 4) is 0 Å². The highest BCUT2D eigenvalue weighted by Gasteiger charge is 2.21. The lowest BCUT2D eigenvalue weighted by atomic mass is 10.2. The summed E-state index contributed by atoms with van der Waals surface area (Å²) in [5.74, 6) is 0.170. The molecule has 98 valence electrons. The molecule has 5 heteroatoms. The van der Waals surface area contributed by atoms with Gasteiger partial charge in [0.1, 0.15) is 6.54 Å². The Morgan fingerprint density at radius 2 is 1.94 bits per heavy atom. The highest BCUT2D eigenvalue weighted by atomic mass is 35.5. The fraction of sp³-hybridized carbons (Fsp3) is 0.462. The van der Waals surface area contributed by atoms with E-state index < -0.39 is 0 Å². The van der Waals surface area contributed by atoms with Crippen LogP contribution in [0.5, 0.6) is 0 Å². The quantitative estimate of drug-likeness (QED) is 0.870. The molecule has 0 atom stereocenters. The third kappa shape index (κ3) is 3.37. The molecule has 0 saturated carbocycles. The van der Waals surface area contributed by atoms with E-state index in [4.69, 9.17) is 23.2 Å². The normalized spacial score (nSPS) is 16.9. The number of halogens is 2. The van der Waals surface area contributed by atoms with Crippen LogP contribution in [0.15, 0.2) is 18.2 Å². The molecule has 0 radical (unpaired) electrons. The minimum Gasteiger partial charge on any atom is -0.332 e. The van der Waals surface area contributed by atoms with Crippen molar-refractivity contribution in [3.63, 3.8) is 0 Å². The van der Waals surface area contributed by atoms with Crippen molar-refractivity contribution in [2.24, 2.45) is 0 Å². The van der Waals surface area contributed by atoms with E-state index in [1.165, 1.54) is 10.5 Å². The number of rotatable bonds is 2. The maximum absolute atomic E-state index is 11.2. The third-order valence-corrected chi connectivity index (χ3v) is 4.09. The van der Waals surface area contributed by atoms with Crippen molar-refractivity contribution in [2.75, 3.05) is 26.2 Å². The first-order valence-corrected chi connectivity index (χ1v) is 6.85. The van der Waals surface area contributed by atoms with E-state index in [-0.39, 0.29) is 5.91 Å². The van der Waals surface area contributed by atoms with Crippen LogP contribution in [0.4, 0.5) is 0 Å². The van der Waals surface area contributed by atoms with Gasteiger partial charge in [-0.25, -0.2) is 0 Å². The summed E-state index contributed by atoms with van der Waals surface area (Å²) in [5, 5.41) is 1.20. The van der Waals surface area contributed by atoms with Gasteiger partial charge in [-0.2, -0.15) is 0 Å². The molecular weight excluding hydrogens is 271 g/mol. The molecule has 18 heavy (non-hydrogen) atoms. The van der Waals surface area contributed by atoms with E-state index in [0.29, 0.717) is 10.0 Å². The zero-order valence-electron chi connectivity index (χ0n) is 10.4. The summed E-state index contributed by atoms with van der Waals surface area (Å²) in [6.07, 6.45) is 0. The summed E-state index contributed by atoms with van der Waals surface area (Å²) in [4.78, 5) is 14.6. The second-order valence-electron chi connectivity index (χ2n) is 4.68. The lowest BCUT2D eigenvalue weighted by Crippen LogP contribution is -3.13. The van der Waals surface area contributed by atoms with Gasteiger partial charge < -0.3 is 9.80 Å². The summed E-state index contributed by atoms with van der Waals surface area (Å²) < 4.78 is 0. The molecule has 1 aromatic rings. The van der Waals surface area contributed by atoms with Crippen LogP contribution in [0.1, 0.15) is 12.5 Å². The number of nitrogens with one attached hydrogen (secondary N) is 1. The van der Waals surface area contributed by atoms with Crippen molar-refractivity contribution in [1.29, 1.82) is 0 Å². The molecule has 1 aromatic carbocycles. The number of amides is 1. The lowest BCUT2D eigenvalue weighted by molar-refractivity contribution is -0.917. The van der Waals surface area contributed by atoms with Gasteiger partial charge in [-0.05, 0) is 12.1 Å². The second-order valence-corrected chi connectivity index (χ2v) is 5.50. The van der Waals surface area contributed by atoms with Gasteiger partial charge in [0.05, 0.1) is 36.2 Å². The van der Waals surface area contributed by atoms with E-state index in [1.807, 2.05) is 23.1 Å². The van der Waals surface area contributed by atoms with Gasteiger partial charge in [-0.15, -0.1) is 0 Å². The number of hydrogen-bond donors (Lipinski definition) is 1. The van der Waals surface area contributed by atoms with Crippen LogP contribution in [-0.2, 0) is 11.3 Å². The molecular formula is C13H17Cl2N2O+. The first-order valence-electron chi connectivity index (χ1n) is 6.09. The SMILES string of the molecule is CC(=O)N1CC[NH+](Cc2ccc(Cl)c(Cl)c2)CC1. The smallest absolute Gasteiger partial charge is 0.219 e. The largest absolute Gasteiger partial charge is 0.332 e. The van der Waals surface area contributed by atoms with Crippen LogP contribution >= 0.6 is 23.2 Å². The van der Waals surface area contributed by atoms with E-state index in [0.717, 1.165) is 32.7 Å². The van der Waals surface area contributed by atoms with Gasteiger partial charge in [0.2, 0.25) is 5.91 Å². The Kier molecular flexibility index (Phi) is 4.49. The summed E-state index contributed by atoms with van der Waals surface area (Å²) in [7, 11) is 0. The van der Waals surface area contributed by atoms with E-state index >= 15 is 0 Å². The number of quaternary nitrogens is 1. The van der Waals surface area contributed by atoms with Gasteiger partial charge in [0.15, 0.2) is 0 Å². The Balaban J connectivity index is 1.91. The van der Waals surface area contributed by atoms with Crippen LogP contribution in [0, 0.1) is 0 Å². The molecule has 1 heterocycles. The van der Waals surface area contributed by atoms with Gasteiger partial charge >= 0.3 is 0 Å². The summed E-state index contributed by atoms with van der Waals surface area (Å²) in [5.41, 5.74) is 1.19. The van der Waals surface area contributed by atoms with Crippen LogP contribution in [0.2, 0.25) is 10.0 Å². The van der Waals surface area contributed by atoms with Crippen molar-refractivity contribution in [2.45, 2.75) is 13.5 Å². The number of benzene rings is 1. The topological polar surface area (TPSA) is 24.8 Å². The fourth-order valence-corrected chi connectivity index (χ4v) is 2.57. The molecule has 1 amide bonds. The van der Waals surface area contributed by atoms with Gasteiger partial charge in [0.25, 0.3) is 0 Å². The maximum Gasteiger partial charge on any atom is 0.219 e. The molecule has 0 aliphatic carbocycles. The minimum absolute atomic E-state index is 0.170. The van der Waals surface area contributed by atoms with Crippen LogP contribution in [0.25, 0.3) is 0 Å². The molecule has 1 saturated heterocycles. The van der Waals surface area contributed by atoms with Crippen molar-refractivity contribution in [1.82, 2.24) is 4.90 Å². The predicted octanol–water partition coefficient (Wildman–Crippen LogP) is 1.24. The molecule has 0 aromatic heterocycles. The summed E-state index contributed by atoms with van der Waals surface area (Å²) in [6, 6.07) is 5.78. The number of piperazine rings is 1. The monoisotopic (exact) mass is 287 g/mol. The Labute approximate surface area is 117 Å². The van der Waals surface area contributed by atoms with Crippen LogP contribution in [0.3, 0.4) is 0 Å². The van der Waals surface area contributed by atoms with Crippen LogP contribution < -0.4 is 4.90 Å². The lowest BCUT2D eigenvalue weighted by Gasteiger charge is -2.31. The molecule has 3 nitrogen and oxygen atoms in total. The third-order valence-electron chi connectivity index (χ3n) is 3.35. The summed E-state index contributed by atoms with van der Waals surface area (Å²) in [6.45, 7) is 6.21. The number of nitrogens with zero attached hydrogens (tertiary/aromatic N) is 1. The maximum atomic E-state index is 11.2. The Hall–Kier alpha value is -0.770. The molecule has 1 N–H and O–H groups in total. The van der Waals surface area contributed by atoms with Crippen molar-refractivity contribution >= 4 is 29.1 Å². The molecule has 1 fully saturated rings. The zero-order valence-corrected chi connectivity index (χ0v) is 11.9. The van der Waals surface area contributed by atoms with E-state index in [2.05, 4.69) is 0 Å². The number of carbonyl (C=O) groups is 1. The Bertz CT molecular complexity index is 443. The Morgan fingerprint density at radius 3 is 2.50 bits per heavy atom. The summed E-state index contributed by atoms with van der Waals surface area (Å²) >= 11 is 11.9. The standard InChI is InChI=1S/C13H16Cl2N2O/c1-10(18)17-6-4-16(5-7-17)9-11-2-3-12(14)13(15)8-11/h2-3,8H,4-7,9H2,1H3/p+1. The fourth-order valence-electron chi connectivity index (χ4n) is 2.25. The van der Waals surface area contributed by atoms with Gasteiger partial charge in [-0.3, -0.25) is 4.79 Å². The zero-order chi connectivity index (χ0) is 13.1. The number of hydrogen-bond acceptors (Lipinski definition) is 1. The minimum atomic E-state index is 0.170. The molecule has 1 aliphatic heterocycles. The second kappa shape index (κ2) is 5.91. The van der Waals surface area contributed by atoms with Gasteiger partial charge in [-0.1, -0.05) is 29.3 Å². The van der Waals surface area contributed by atoms with Crippen LogP contribution in [-0.4, -0.2) is 37.0 Å². The molecule has 0 unspecified atom stereocenters. The Morgan fingerprint density at radius 1 is 1.28 bits per heavy atom. The predicted molar refractivity (Wildman–Crippen MR) is 73.1 cm³/mol. The molecule has 0 bridgehead atoms. The molecule has 0 spiro atoms. The average molecular weight is 288 g/mol. The average Bonchev–Trinajstić information content (AvgIpc) is 2.34. The first-order chi connectivity index (χ1) is 8.56. The first kappa shape index (κ1) is 13.7. The highest BCUT2D eigenvalue weighted by Crippen LogP contribution is 2.22. The molecule has 1 aliphatic rings. The van der Waals surface area contributed by atoms with Gasteiger partial charge in [0, 0.05) is 12.5 Å².